The number of amides is 1. The highest BCUT2D eigenvalue weighted by Gasteiger charge is 2.46. The zero-order valence-corrected chi connectivity index (χ0v) is 29.7. The van der Waals surface area contributed by atoms with Gasteiger partial charge in [-0.05, 0) is 91.5 Å². The summed E-state index contributed by atoms with van der Waals surface area (Å²) in [6.07, 6.45) is 6.04. The number of halogens is 2. The van der Waals surface area contributed by atoms with E-state index in [-0.39, 0.29) is 23.2 Å². The smallest absolute Gasteiger partial charge is 0.424 e. The van der Waals surface area contributed by atoms with Crippen LogP contribution in [0.1, 0.15) is 73.9 Å². The number of aromatic nitrogens is 4. The third-order valence-electron chi connectivity index (χ3n) is 11.9. The number of fused-ring (bicyclic) bond motifs is 6. The molecule has 1 amide bonds. The summed E-state index contributed by atoms with van der Waals surface area (Å²) in [6, 6.07) is 15.8. The zero-order valence-electron chi connectivity index (χ0n) is 29.7. The van der Waals surface area contributed by atoms with Crippen molar-refractivity contribution < 1.29 is 27.8 Å². The standard InChI is InChI=1S/C40H41F2N7O4/c1-21(52-2)35(20-50)49(39(51)53-3)48-14-4-5-34(48)37-43-19-33(47-37)24-8-12-28-27-11-7-22(16-29(27)40(41,42)30(28)17-24)23-9-13-31-32(18-23)46-38(45-31)36-25-6-10-26(15-25)44-36/h7-9,11-13,16-21,25-26,34-36,44H,4-6,10,14-15H2,1-3H3,(H,43,47)(H,45,46)/t21-,25-,26-,34+,35-,36+/m1/s1. The number of carbonyl (C=O) groups is 2. The summed E-state index contributed by atoms with van der Waals surface area (Å²) in [5.41, 5.74) is 5.37. The van der Waals surface area contributed by atoms with Gasteiger partial charge in [-0.2, -0.15) is 8.78 Å². The van der Waals surface area contributed by atoms with Crippen LogP contribution in [-0.4, -0.2) is 81.3 Å². The molecular weight excluding hydrogens is 680 g/mol. The van der Waals surface area contributed by atoms with Gasteiger partial charge in [0, 0.05) is 36.4 Å². The van der Waals surface area contributed by atoms with Gasteiger partial charge in [0.1, 0.15) is 24.0 Å². The predicted molar refractivity (Wildman–Crippen MR) is 194 cm³/mol. The van der Waals surface area contributed by atoms with Gasteiger partial charge in [0.25, 0.3) is 5.92 Å². The Kier molecular flexibility index (Phi) is 8.20. The molecule has 13 heteroatoms. The van der Waals surface area contributed by atoms with E-state index >= 15 is 8.78 Å². The van der Waals surface area contributed by atoms with Gasteiger partial charge in [-0.3, -0.25) is 0 Å². The molecule has 3 fully saturated rings. The molecule has 6 atom stereocenters. The second kappa shape index (κ2) is 12.9. The molecule has 4 aliphatic rings. The number of alkyl halides is 2. The first-order valence-corrected chi connectivity index (χ1v) is 18.3. The summed E-state index contributed by atoms with van der Waals surface area (Å²) in [5, 5.41) is 6.76. The van der Waals surface area contributed by atoms with Crippen molar-refractivity contribution in [3.8, 4) is 33.5 Å². The van der Waals surface area contributed by atoms with Gasteiger partial charge in [0.15, 0.2) is 0 Å². The lowest BCUT2D eigenvalue weighted by atomic mass is 9.98. The van der Waals surface area contributed by atoms with Crippen LogP contribution in [0.15, 0.2) is 60.8 Å². The van der Waals surface area contributed by atoms with Gasteiger partial charge in [0.2, 0.25) is 0 Å². The van der Waals surface area contributed by atoms with E-state index in [9.17, 15) is 9.59 Å². The Hall–Kier alpha value is -4.98. The van der Waals surface area contributed by atoms with Crippen molar-refractivity contribution in [3.05, 3.63) is 83.6 Å². The lowest BCUT2D eigenvalue weighted by Crippen LogP contribution is -2.56. The molecule has 2 aliphatic carbocycles. The van der Waals surface area contributed by atoms with Crippen molar-refractivity contribution in [1.82, 2.24) is 35.3 Å². The molecular formula is C40H41F2N7O4. The van der Waals surface area contributed by atoms with Gasteiger partial charge >= 0.3 is 6.09 Å². The fourth-order valence-electron chi connectivity index (χ4n) is 9.03. The van der Waals surface area contributed by atoms with Gasteiger partial charge < -0.3 is 29.6 Å². The Bertz CT molecular complexity index is 2240. The van der Waals surface area contributed by atoms with E-state index in [4.69, 9.17) is 14.5 Å². The SMILES string of the molecule is COC(=O)N([C@H](C=O)[C@@H](C)OC)N1CCC[C@H]1c1ncc(-c2ccc3c(c2)C(F)(F)c2cc(-c4ccc5nc([C@H]6N[C@@H]7CC[C@@H]6C7)[nH]c5c4)ccc2-3)[nH]1. The number of rotatable bonds is 9. The van der Waals surface area contributed by atoms with Crippen molar-refractivity contribution in [2.75, 3.05) is 20.8 Å². The topological polar surface area (TPSA) is 128 Å². The summed E-state index contributed by atoms with van der Waals surface area (Å²) >= 11 is 0. The maximum Gasteiger partial charge on any atom is 0.424 e. The highest BCUT2D eigenvalue weighted by Crippen LogP contribution is 2.53. The minimum Gasteiger partial charge on any atom is -0.452 e. The number of piperidine rings is 1. The number of benzene rings is 3. The number of imidazole rings is 2. The molecule has 2 aliphatic heterocycles. The van der Waals surface area contributed by atoms with Crippen molar-refractivity contribution in [2.45, 2.75) is 75.2 Å². The average Bonchev–Trinajstić information content (AvgIpc) is 4.04. The fourth-order valence-corrected chi connectivity index (χ4v) is 9.03. The number of nitrogens with one attached hydrogen (secondary N) is 3. The van der Waals surface area contributed by atoms with Crippen LogP contribution < -0.4 is 5.32 Å². The third kappa shape index (κ3) is 5.47. The van der Waals surface area contributed by atoms with Crippen LogP contribution in [-0.2, 0) is 20.2 Å². The Labute approximate surface area is 305 Å². The summed E-state index contributed by atoms with van der Waals surface area (Å²) in [6.45, 7) is 2.19. The van der Waals surface area contributed by atoms with E-state index in [1.54, 1.807) is 36.3 Å². The molecule has 9 rings (SSSR count). The summed E-state index contributed by atoms with van der Waals surface area (Å²) in [4.78, 5) is 41.4. The first-order valence-electron chi connectivity index (χ1n) is 18.3. The fraction of sp³-hybridized carbons (Fsp3) is 0.400. The quantitative estimate of drug-likeness (QED) is 0.136. The molecule has 2 aromatic heterocycles. The van der Waals surface area contributed by atoms with Gasteiger partial charge in [-0.15, -0.1) is 0 Å². The second-order valence-electron chi connectivity index (χ2n) is 14.7. The van der Waals surface area contributed by atoms with Gasteiger partial charge in [-0.1, -0.05) is 30.3 Å². The number of hydrogen-bond donors (Lipinski definition) is 3. The molecule has 0 spiro atoms. The number of nitrogens with zero attached hydrogens (tertiary/aromatic N) is 4. The Morgan fingerprint density at radius 1 is 0.981 bits per heavy atom. The number of hydrazine groups is 1. The summed E-state index contributed by atoms with van der Waals surface area (Å²) in [7, 11) is 2.74. The maximum atomic E-state index is 16.4. The lowest BCUT2D eigenvalue weighted by molar-refractivity contribution is -0.131. The van der Waals surface area contributed by atoms with Crippen molar-refractivity contribution >= 4 is 23.4 Å². The summed E-state index contributed by atoms with van der Waals surface area (Å²) in [5.74, 6) is -1.11. The van der Waals surface area contributed by atoms with Crippen LogP contribution in [0.25, 0.3) is 44.5 Å². The monoisotopic (exact) mass is 721 g/mol. The average molecular weight is 722 g/mol. The molecule has 11 nitrogen and oxygen atoms in total. The minimum absolute atomic E-state index is 0.0245. The summed E-state index contributed by atoms with van der Waals surface area (Å²) < 4.78 is 43.2. The van der Waals surface area contributed by atoms with E-state index in [2.05, 4.69) is 20.3 Å². The molecule has 1 saturated carbocycles. The number of methoxy groups -OCH3 is 2. The second-order valence-corrected chi connectivity index (χ2v) is 14.7. The molecule has 0 radical (unpaired) electrons. The zero-order chi connectivity index (χ0) is 36.6. The molecule has 2 saturated heterocycles. The molecule has 2 bridgehead atoms. The van der Waals surface area contributed by atoms with E-state index < -0.39 is 24.2 Å². The molecule has 4 heterocycles. The highest BCUT2D eigenvalue weighted by atomic mass is 19.3. The maximum absolute atomic E-state index is 16.4. The lowest BCUT2D eigenvalue weighted by Gasteiger charge is -2.39. The van der Waals surface area contributed by atoms with Gasteiger partial charge in [0.05, 0.1) is 48.2 Å². The first-order chi connectivity index (χ1) is 25.7. The normalized spacial score (nSPS) is 23.9. The van der Waals surface area contributed by atoms with Crippen LogP contribution in [0, 0.1) is 5.92 Å². The minimum atomic E-state index is -3.22. The van der Waals surface area contributed by atoms with E-state index in [1.165, 1.54) is 44.6 Å². The number of H-pyrrole nitrogens is 2. The Balaban J connectivity index is 0.980. The first kappa shape index (κ1) is 33.8. The predicted octanol–water partition coefficient (Wildman–Crippen LogP) is 7.28. The number of carbonyl (C=O) groups excluding carboxylic acids is 2. The number of aldehydes is 1. The van der Waals surface area contributed by atoms with Crippen LogP contribution in [0.2, 0.25) is 0 Å². The van der Waals surface area contributed by atoms with Crippen molar-refractivity contribution in [1.29, 1.82) is 0 Å². The highest BCUT2D eigenvalue weighted by molar-refractivity contribution is 5.87. The van der Waals surface area contributed by atoms with Crippen molar-refractivity contribution in [2.24, 2.45) is 5.92 Å². The molecule has 0 unspecified atom stereocenters. The van der Waals surface area contributed by atoms with E-state index in [1.807, 2.05) is 30.3 Å². The van der Waals surface area contributed by atoms with Crippen LogP contribution >= 0.6 is 0 Å². The van der Waals surface area contributed by atoms with Crippen LogP contribution in [0.3, 0.4) is 0 Å². The van der Waals surface area contributed by atoms with E-state index in [0.29, 0.717) is 65.0 Å². The number of aromatic amines is 2. The molecule has 3 aromatic carbocycles. The van der Waals surface area contributed by atoms with E-state index in [0.717, 1.165) is 28.8 Å². The Morgan fingerprint density at radius 3 is 2.42 bits per heavy atom. The largest absolute Gasteiger partial charge is 0.452 e. The Morgan fingerprint density at radius 2 is 1.72 bits per heavy atom. The number of hydrogen-bond acceptors (Lipinski definition) is 8. The van der Waals surface area contributed by atoms with Crippen LogP contribution in [0.5, 0.6) is 0 Å². The third-order valence-corrected chi connectivity index (χ3v) is 11.9. The molecule has 3 N–H and O–H groups in total. The van der Waals surface area contributed by atoms with Crippen LogP contribution in [0.4, 0.5) is 13.6 Å². The van der Waals surface area contributed by atoms with Crippen molar-refractivity contribution in [3.63, 3.8) is 0 Å². The molecule has 53 heavy (non-hydrogen) atoms. The number of ether oxygens (including phenoxy) is 2. The molecule has 5 aromatic rings. The van der Waals surface area contributed by atoms with Gasteiger partial charge in [-0.25, -0.2) is 24.8 Å². The molecule has 274 valence electrons.